The van der Waals surface area contributed by atoms with E-state index in [2.05, 4.69) is 10.1 Å². The maximum absolute atomic E-state index is 12.4. The van der Waals surface area contributed by atoms with Crippen molar-refractivity contribution in [2.75, 3.05) is 7.05 Å². The van der Waals surface area contributed by atoms with Gasteiger partial charge in [0, 0.05) is 20.5 Å². The van der Waals surface area contributed by atoms with E-state index in [9.17, 15) is 22.8 Å². The fourth-order valence-corrected chi connectivity index (χ4v) is 2.12. The first-order chi connectivity index (χ1) is 11.0. The van der Waals surface area contributed by atoms with E-state index in [0.29, 0.717) is 5.56 Å². The largest absolute Gasteiger partial charge is 0.573 e. The minimum Gasteiger partial charge on any atom is -0.406 e. The van der Waals surface area contributed by atoms with Crippen LogP contribution in [0.2, 0.25) is 0 Å². The lowest BCUT2D eigenvalue weighted by atomic mass is 10.0. The third-order valence-electron chi connectivity index (χ3n) is 3.24. The van der Waals surface area contributed by atoms with Crippen molar-refractivity contribution in [2.45, 2.75) is 39.7 Å². The van der Waals surface area contributed by atoms with Crippen LogP contribution >= 0.6 is 0 Å². The Balaban J connectivity index is 2.73. The van der Waals surface area contributed by atoms with Gasteiger partial charge in [-0.15, -0.1) is 13.2 Å². The summed E-state index contributed by atoms with van der Waals surface area (Å²) >= 11 is 0. The Labute approximate surface area is 138 Å². The number of alkyl halides is 3. The van der Waals surface area contributed by atoms with E-state index < -0.39 is 12.4 Å². The zero-order valence-corrected chi connectivity index (χ0v) is 14.0. The first kappa shape index (κ1) is 19.8. The highest BCUT2D eigenvalue weighted by Crippen LogP contribution is 2.23. The Morgan fingerprint density at radius 2 is 1.75 bits per heavy atom. The van der Waals surface area contributed by atoms with Gasteiger partial charge in [-0.2, -0.15) is 0 Å². The predicted octanol–water partition coefficient (Wildman–Crippen LogP) is 2.70. The van der Waals surface area contributed by atoms with Gasteiger partial charge in [-0.3, -0.25) is 9.59 Å². The Morgan fingerprint density at radius 3 is 2.17 bits per heavy atom. The maximum atomic E-state index is 12.4. The molecule has 1 rings (SSSR count). The standard InChI is InChI=1S/C16H21F3N2O3/c1-10(2)14(20-11(3)22)15(23)21(4)9-12-5-7-13(8-6-12)24-16(17,18)19/h5-8,10,14H,9H2,1-4H3,(H,20,22)/t14-/m1/s1. The number of hydrogen-bond acceptors (Lipinski definition) is 3. The number of nitrogens with zero attached hydrogens (tertiary/aromatic N) is 1. The number of nitrogens with one attached hydrogen (secondary N) is 1. The number of carbonyl (C=O) groups is 2. The van der Waals surface area contributed by atoms with Gasteiger partial charge in [0.1, 0.15) is 11.8 Å². The Morgan fingerprint density at radius 1 is 1.21 bits per heavy atom. The number of likely N-dealkylation sites (N-methyl/N-ethyl adjacent to an activating group) is 1. The highest BCUT2D eigenvalue weighted by Gasteiger charge is 2.31. The fourth-order valence-electron chi connectivity index (χ4n) is 2.12. The third kappa shape index (κ3) is 6.47. The molecule has 2 amide bonds. The number of ether oxygens (including phenoxy) is 1. The predicted molar refractivity (Wildman–Crippen MR) is 82.0 cm³/mol. The average Bonchev–Trinajstić information content (AvgIpc) is 2.44. The van der Waals surface area contributed by atoms with Crippen molar-refractivity contribution in [3.05, 3.63) is 29.8 Å². The van der Waals surface area contributed by atoms with Crippen LogP contribution in [0.25, 0.3) is 0 Å². The van der Waals surface area contributed by atoms with Crippen molar-refractivity contribution in [3.8, 4) is 5.75 Å². The molecule has 0 heterocycles. The first-order valence-corrected chi connectivity index (χ1v) is 7.36. The van der Waals surface area contributed by atoms with Gasteiger partial charge in [-0.1, -0.05) is 26.0 Å². The van der Waals surface area contributed by atoms with E-state index in [1.165, 1.54) is 36.1 Å². The van der Waals surface area contributed by atoms with Crippen molar-refractivity contribution < 1.29 is 27.5 Å². The zero-order chi connectivity index (χ0) is 18.5. The summed E-state index contributed by atoms with van der Waals surface area (Å²) in [4.78, 5) is 25.0. The highest BCUT2D eigenvalue weighted by molar-refractivity contribution is 5.86. The number of rotatable bonds is 6. The second-order valence-corrected chi connectivity index (χ2v) is 5.81. The van der Waals surface area contributed by atoms with Gasteiger partial charge in [0.15, 0.2) is 0 Å². The van der Waals surface area contributed by atoms with Crippen molar-refractivity contribution in [2.24, 2.45) is 5.92 Å². The maximum Gasteiger partial charge on any atom is 0.573 e. The molecule has 0 saturated heterocycles. The van der Waals surface area contributed by atoms with Crippen LogP contribution < -0.4 is 10.1 Å². The van der Waals surface area contributed by atoms with Crippen LogP contribution in [-0.2, 0) is 16.1 Å². The van der Waals surface area contributed by atoms with E-state index in [1.807, 2.05) is 13.8 Å². The van der Waals surface area contributed by atoms with Crippen LogP contribution in [0, 0.1) is 5.92 Å². The molecule has 0 aliphatic rings. The summed E-state index contributed by atoms with van der Waals surface area (Å²) in [6.07, 6.45) is -4.74. The second kappa shape index (κ2) is 8.03. The molecule has 5 nitrogen and oxygen atoms in total. The minimum atomic E-state index is -4.74. The molecule has 1 atom stereocenters. The van der Waals surface area contributed by atoms with Crippen LogP contribution in [0.15, 0.2) is 24.3 Å². The number of halogens is 3. The SMILES string of the molecule is CC(=O)N[C@@H](C(=O)N(C)Cc1ccc(OC(F)(F)F)cc1)C(C)C. The number of hydrogen-bond donors (Lipinski definition) is 1. The summed E-state index contributed by atoms with van der Waals surface area (Å²) < 4.78 is 40.1. The van der Waals surface area contributed by atoms with E-state index >= 15 is 0 Å². The van der Waals surface area contributed by atoms with Crippen LogP contribution in [0.5, 0.6) is 5.75 Å². The van der Waals surface area contributed by atoms with Gasteiger partial charge < -0.3 is 15.0 Å². The van der Waals surface area contributed by atoms with Crippen LogP contribution in [0.1, 0.15) is 26.3 Å². The van der Waals surface area contributed by atoms with Gasteiger partial charge in [-0.05, 0) is 23.6 Å². The van der Waals surface area contributed by atoms with E-state index in [4.69, 9.17) is 0 Å². The molecule has 0 spiro atoms. The topological polar surface area (TPSA) is 58.6 Å². The van der Waals surface area contributed by atoms with E-state index in [0.717, 1.165) is 0 Å². The van der Waals surface area contributed by atoms with Crippen molar-refractivity contribution in [1.82, 2.24) is 10.2 Å². The lowest BCUT2D eigenvalue weighted by Crippen LogP contribution is -2.49. The van der Waals surface area contributed by atoms with Crippen LogP contribution in [0.4, 0.5) is 13.2 Å². The molecule has 0 aliphatic heterocycles. The van der Waals surface area contributed by atoms with Crippen LogP contribution in [-0.4, -0.2) is 36.2 Å². The summed E-state index contributed by atoms with van der Waals surface area (Å²) in [6.45, 7) is 5.17. The molecule has 0 aromatic heterocycles. The Kier molecular flexibility index (Phi) is 6.62. The molecule has 1 aromatic rings. The lowest BCUT2D eigenvalue weighted by molar-refractivity contribution is -0.274. The fraction of sp³-hybridized carbons (Fsp3) is 0.500. The van der Waals surface area contributed by atoms with Crippen molar-refractivity contribution in [1.29, 1.82) is 0 Å². The summed E-state index contributed by atoms with van der Waals surface area (Å²) in [5, 5.41) is 2.61. The van der Waals surface area contributed by atoms with E-state index in [1.54, 1.807) is 7.05 Å². The molecule has 0 aliphatic carbocycles. The number of amides is 2. The summed E-state index contributed by atoms with van der Waals surface area (Å²) in [5.74, 6) is -0.982. The molecule has 0 saturated carbocycles. The molecule has 134 valence electrons. The third-order valence-corrected chi connectivity index (χ3v) is 3.24. The molecular formula is C16H21F3N2O3. The summed E-state index contributed by atoms with van der Waals surface area (Å²) in [5.41, 5.74) is 0.644. The smallest absolute Gasteiger partial charge is 0.406 e. The Bertz CT molecular complexity index is 571. The monoisotopic (exact) mass is 346 g/mol. The number of carbonyl (C=O) groups excluding carboxylic acids is 2. The lowest BCUT2D eigenvalue weighted by Gasteiger charge is -2.26. The van der Waals surface area contributed by atoms with Gasteiger partial charge in [0.2, 0.25) is 11.8 Å². The Hall–Kier alpha value is -2.25. The molecular weight excluding hydrogens is 325 g/mol. The molecule has 24 heavy (non-hydrogen) atoms. The average molecular weight is 346 g/mol. The normalized spacial score (nSPS) is 12.7. The van der Waals surface area contributed by atoms with Crippen LogP contribution in [0.3, 0.4) is 0 Å². The highest BCUT2D eigenvalue weighted by atomic mass is 19.4. The summed E-state index contributed by atoms with van der Waals surface area (Å²) in [6, 6.07) is 4.63. The second-order valence-electron chi connectivity index (χ2n) is 5.81. The minimum absolute atomic E-state index is 0.0913. The first-order valence-electron chi connectivity index (χ1n) is 7.36. The number of benzene rings is 1. The van der Waals surface area contributed by atoms with Crippen molar-refractivity contribution in [3.63, 3.8) is 0 Å². The molecule has 0 unspecified atom stereocenters. The molecule has 8 heteroatoms. The van der Waals surface area contributed by atoms with Crippen molar-refractivity contribution >= 4 is 11.8 Å². The van der Waals surface area contributed by atoms with Gasteiger partial charge >= 0.3 is 6.36 Å². The van der Waals surface area contributed by atoms with Gasteiger partial charge in [-0.25, -0.2) is 0 Å². The van der Waals surface area contributed by atoms with Gasteiger partial charge in [0.25, 0.3) is 0 Å². The summed E-state index contributed by atoms with van der Waals surface area (Å²) in [7, 11) is 1.57. The molecule has 0 radical (unpaired) electrons. The molecule has 1 N–H and O–H groups in total. The quantitative estimate of drug-likeness (QED) is 0.862. The molecule has 0 fully saturated rings. The van der Waals surface area contributed by atoms with E-state index in [-0.39, 0.29) is 30.0 Å². The molecule has 0 bridgehead atoms. The molecule has 1 aromatic carbocycles. The van der Waals surface area contributed by atoms with Gasteiger partial charge in [0.05, 0.1) is 0 Å². The zero-order valence-electron chi connectivity index (χ0n) is 14.0.